The smallest absolute Gasteiger partial charge is 0.244 e. The highest BCUT2D eigenvalue weighted by Crippen LogP contribution is 2.33. The van der Waals surface area contributed by atoms with Crippen molar-refractivity contribution in [1.29, 1.82) is 0 Å². The molecular weight excluding hydrogens is 308 g/mol. The third-order valence-electron chi connectivity index (χ3n) is 4.21. The Morgan fingerprint density at radius 3 is 3.04 bits per heavy atom. The number of hydrogen-bond donors (Lipinski definition) is 0. The van der Waals surface area contributed by atoms with Gasteiger partial charge in [0.1, 0.15) is 6.61 Å². The van der Waals surface area contributed by atoms with Crippen molar-refractivity contribution < 1.29 is 14.0 Å². The average molecular weight is 332 g/mol. The topological polar surface area (TPSA) is 73.5 Å². The van der Waals surface area contributed by atoms with Crippen LogP contribution in [0.3, 0.4) is 0 Å². The molecule has 1 aliphatic heterocycles. The molecule has 0 aliphatic carbocycles. The molecule has 7 heteroatoms. The van der Waals surface area contributed by atoms with Gasteiger partial charge in [0, 0.05) is 31.0 Å². The fourth-order valence-corrected chi connectivity index (χ4v) is 3.02. The van der Waals surface area contributed by atoms with Gasteiger partial charge >= 0.3 is 0 Å². The summed E-state index contributed by atoms with van der Waals surface area (Å²) in [4.78, 5) is 11.2. The van der Waals surface area contributed by atoms with Crippen molar-refractivity contribution in [2.45, 2.75) is 38.8 Å². The Kier molecular flexibility index (Phi) is 5.42. The maximum absolute atomic E-state index is 5.54. The van der Waals surface area contributed by atoms with E-state index in [2.05, 4.69) is 33.9 Å². The molecule has 1 atom stereocenters. The Morgan fingerprint density at radius 1 is 1.38 bits per heavy atom. The van der Waals surface area contributed by atoms with Crippen LogP contribution >= 0.6 is 0 Å². The van der Waals surface area contributed by atoms with Crippen LogP contribution in [0.2, 0.25) is 0 Å². The van der Waals surface area contributed by atoms with Gasteiger partial charge in [-0.1, -0.05) is 5.16 Å². The van der Waals surface area contributed by atoms with Gasteiger partial charge in [-0.3, -0.25) is 4.90 Å². The number of methoxy groups -OCH3 is 1. The lowest BCUT2D eigenvalue weighted by Crippen LogP contribution is -2.30. The van der Waals surface area contributed by atoms with Crippen molar-refractivity contribution in [3.8, 4) is 17.3 Å². The van der Waals surface area contributed by atoms with Crippen molar-refractivity contribution >= 4 is 0 Å². The SMILES string of the molecule is COCCOc1cc(-c2noc([C@@H]3CCCN3C(C)C)n2)ccn1. The Bertz CT molecular complexity index is 659. The summed E-state index contributed by atoms with van der Waals surface area (Å²) in [5.41, 5.74) is 0.835. The number of pyridine rings is 1. The summed E-state index contributed by atoms with van der Waals surface area (Å²) in [7, 11) is 1.64. The van der Waals surface area contributed by atoms with Gasteiger partial charge in [0.25, 0.3) is 0 Å². The highest BCUT2D eigenvalue weighted by atomic mass is 16.5. The second-order valence-electron chi connectivity index (χ2n) is 6.17. The molecule has 0 saturated carbocycles. The molecule has 0 aromatic carbocycles. The van der Waals surface area contributed by atoms with Gasteiger partial charge in [0.05, 0.1) is 12.6 Å². The number of rotatable bonds is 7. The van der Waals surface area contributed by atoms with Crippen molar-refractivity contribution in [2.24, 2.45) is 0 Å². The number of aromatic nitrogens is 3. The van der Waals surface area contributed by atoms with E-state index in [1.54, 1.807) is 13.3 Å². The molecule has 0 bridgehead atoms. The minimum atomic E-state index is 0.213. The molecule has 2 aromatic rings. The van der Waals surface area contributed by atoms with E-state index in [-0.39, 0.29) is 6.04 Å². The molecule has 24 heavy (non-hydrogen) atoms. The largest absolute Gasteiger partial charge is 0.475 e. The lowest BCUT2D eigenvalue weighted by atomic mass is 10.2. The highest BCUT2D eigenvalue weighted by Gasteiger charge is 2.32. The molecule has 0 N–H and O–H groups in total. The summed E-state index contributed by atoms with van der Waals surface area (Å²) in [6.45, 7) is 6.44. The first kappa shape index (κ1) is 16.9. The first-order chi connectivity index (χ1) is 11.7. The summed E-state index contributed by atoms with van der Waals surface area (Å²) < 4.78 is 16.0. The van der Waals surface area contributed by atoms with Crippen molar-refractivity contribution in [1.82, 2.24) is 20.0 Å². The highest BCUT2D eigenvalue weighted by molar-refractivity contribution is 5.55. The van der Waals surface area contributed by atoms with E-state index in [4.69, 9.17) is 14.0 Å². The van der Waals surface area contributed by atoms with Crippen LogP contribution < -0.4 is 4.74 Å². The van der Waals surface area contributed by atoms with Gasteiger partial charge in [0.15, 0.2) is 0 Å². The Morgan fingerprint density at radius 2 is 2.25 bits per heavy atom. The van der Waals surface area contributed by atoms with Crippen molar-refractivity contribution in [2.75, 3.05) is 26.9 Å². The molecule has 2 aromatic heterocycles. The lowest BCUT2D eigenvalue weighted by Gasteiger charge is -2.25. The normalized spacial score (nSPS) is 18.4. The lowest BCUT2D eigenvalue weighted by molar-refractivity contribution is 0.144. The zero-order chi connectivity index (χ0) is 16.9. The van der Waals surface area contributed by atoms with E-state index >= 15 is 0 Å². The average Bonchev–Trinajstić information content (AvgIpc) is 3.24. The standard InChI is InChI=1S/C17H24N4O3/c1-12(2)21-8-4-5-14(21)17-19-16(20-24-17)13-6-7-18-15(11-13)23-10-9-22-3/h6-7,11-12,14H,4-5,8-10H2,1-3H3/t14-/m0/s1. The molecule has 1 aliphatic rings. The molecular formula is C17H24N4O3. The minimum Gasteiger partial charge on any atom is -0.475 e. The van der Waals surface area contributed by atoms with E-state index in [9.17, 15) is 0 Å². The first-order valence-electron chi connectivity index (χ1n) is 8.36. The molecule has 7 nitrogen and oxygen atoms in total. The predicted molar refractivity (Wildman–Crippen MR) is 88.7 cm³/mol. The van der Waals surface area contributed by atoms with Gasteiger partial charge in [-0.25, -0.2) is 4.98 Å². The second-order valence-corrected chi connectivity index (χ2v) is 6.17. The Labute approximate surface area is 142 Å². The molecule has 0 amide bonds. The molecule has 1 fully saturated rings. The number of hydrogen-bond acceptors (Lipinski definition) is 7. The van der Waals surface area contributed by atoms with E-state index < -0.39 is 0 Å². The fourth-order valence-electron chi connectivity index (χ4n) is 3.02. The van der Waals surface area contributed by atoms with Crippen LogP contribution in [-0.4, -0.2) is 52.9 Å². The van der Waals surface area contributed by atoms with Crippen LogP contribution in [0.1, 0.15) is 38.6 Å². The zero-order valence-corrected chi connectivity index (χ0v) is 14.4. The van der Waals surface area contributed by atoms with E-state index in [1.807, 2.05) is 12.1 Å². The summed E-state index contributed by atoms with van der Waals surface area (Å²) in [6, 6.07) is 4.35. The molecule has 3 heterocycles. The van der Waals surface area contributed by atoms with Gasteiger partial charge in [0.2, 0.25) is 17.6 Å². The quantitative estimate of drug-likeness (QED) is 0.722. The van der Waals surface area contributed by atoms with Gasteiger partial charge in [-0.05, 0) is 39.3 Å². The van der Waals surface area contributed by atoms with Crippen molar-refractivity contribution in [3.05, 3.63) is 24.2 Å². The monoisotopic (exact) mass is 332 g/mol. The van der Waals surface area contributed by atoms with Crippen molar-refractivity contribution in [3.63, 3.8) is 0 Å². The summed E-state index contributed by atoms with van der Waals surface area (Å²) in [6.07, 6.45) is 3.90. The molecule has 1 saturated heterocycles. The number of nitrogens with zero attached hydrogens (tertiary/aromatic N) is 4. The number of likely N-dealkylation sites (tertiary alicyclic amines) is 1. The molecule has 3 rings (SSSR count). The second kappa shape index (κ2) is 7.72. The van der Waals surface area contributed by atoms with Gasteiger partial charge < -0.3 is 14.0 Å². The van der Waals surface area contributed by atoms with Crippen LogP contribution in [0.5, 0.6) is 5.88 Å². The minimum absolute atomic E-state index is 0.213. The summed E-state index contributed by atoms with van der Waals surface area (Å²) in [5, 5.41) is 4.14. The Hall–Kier alpha value is -1.99. The first-order valence-corrected chi connectivity index (χ1v) is 8.36. The molecule has 130 valence electrons. The maximum atomic E-state index is 5.54. The van der Waals surface area contributed by atoms with Gasteiger partial charge in [-0.15, -0.1) is 0 Å². The van der Waals surface area contributed by atoms with E-state index in [0.717, 1.165) is 24.9 Å². The maximum Gasteiger partial charge on any atom is 0.244 e. The van der Waals surface area contributed by atoms with Crippen LogP contribution in [0.25, 0.3) is 11.4 Å². The Balaban J connectivity index is 1.74. The van der Waals surface area contributed by atoms with E-state index in [0.29, 0.717) is 36.9 Å². The summed E-state index contributed by atoms with van der Waals surface area (Å²) >= 11 is 0. The summed E-state index contributed by atoms with van der Waals surface area (Å²) in [5.74, 6) is 1.79. The number of ether oxygens (including phenoxy) is 2. The van der Waals surface area contributed by atoms with Crippen LogP contribution in [-0.2, 0) is 4.74 Å². The molecule has 0 unspecified atom stereocenters. The predicted octanol–water partition coefficient (Wildman–Crippen LogP) is 2.70. The van der Waals surface area contributed by atoms with Crippen LogP contribution in [0.15, 0.2) is 22.9 Å². The van der Waals surface area contributed by atoms with Gasteiger partial charge in [-0.2, -0.15) is 4.98 Å². The molecule has 0 spiro atoms. The third-order valence-corrected chi connectivity index (χ3v) is 4.21. The van der Waals surface area contributed by atoms with Crippen LogP contribution in [0.4, 0.5) is 0 Å². The fraction of sp³-hybridized carbons (Fsp3) is 0.588. The van der Waals surface area contributed by atoms with E-state index in [1.165, 1.54) is 0 Å². The van der Waals surface area contributed by atoms with Crippen LogP contribution in [0, 0.1) is 0 Å². The zero-order valence-electron chi connectivity index (χ0n) is 14.4. The molecule has 0 radical (unpaired) electrons. The third kappa shape index (κ3) is 3.73.